The second-order valence-corrected chi connectivity index (χ2v) is 3.82. The smallest absolute Gasteiger partial charge is 0.242 e. The van der Waals surface area contributed by atoms with Crippen LogP contribution in [0.2, 0.25) is 5.02 Å². The largest absolute Gasteiger partial charge is 0.322 e. The van der Waals surface area contributed by atoms with Gasteiger partial charge in [0.15, 0.2) is 0 Å². The van der Waals surface area contributed by atoms with Crippen LogP contribution in [0.1, 0.15) is 6.92 Å². The van der Waals surface area contributed by atoms with Crippen molar-refractivity contribution in [3.8, 4) is 0 Å². The van der Waals surface area contributed by atoms with Gasteiger partial charge in [-0.05, 0) is 25.1 Å². The summed E-state index contributed by atoms with van der Waals surface area (Å²) >= 11 is 11.0. The fraction of sp³-hybridized carbons (Fsp3) is 0.222. The Morgan fingerprint density at radius 3 is 2.71 bits per heavy atom. The van der Waals surface area contributed by atoms with Gasteiger partial charge in [-0.15, -0.1) is 11.6 Å². The first-order valence-corrected chi connectivity index (χ1v) is 4.72. The van der Waals surface area contributed by atoms with Gasteiger partial charge in [-0.1, -0.05) is 11.6 Å². The van der Waals surface area contributed by atoms with Crippen molar-refractivity contribution in [2.45, 2.75) is 12.3 Å². The number of alkyl halides is 1. The number of anilines is 1. The van der Waals surface area contributed by atoms with Gasteiger partial charge in [0.05, 0.1) is 5.69 Å². The molecule has 0 unspecified atom stereocenters. The highest BCUT2D eigenvalue weighted by Crippen LogP contribution is 2.19. The van der Waals surface area contributed by atoms with E-state index in [9.17, 15) is 9.18 Å². The Kier molecular flexibility index (Phi) is 3.72. The summed E-state index contributed by atoms with van der Waals surface area (Å²) in [5.74, 6) is -1.03. The first-order valence-electron chi connectivity index (χ1n) is 3.90. The van der Waals surface area contributed by atoms with Crippen LogP contribution < -0.4 is 5.32 Å². The molecule has 0 spiro atoms. The van der Waals surface area contributed by atoms with Gasteiger partial charge >= 0.3 is 0 Å². The molecule has 76 valence electrons. The van der Waals surface area contributed by atoms with Crippen molar-refractivity contribution < 1.29 is 9.18 Å². The maximum absolute atomic E-state index is 13.1. The van der Waals surface area contributed by atoms with Crippen molar-refractivity contribution in [2.24, 2.45) is 0 Å². The summed E-state index contributed by atoms with van der Waals surface area (Å²) in [6.07, 6.45) is 0. The fourth-order valence-corrected chi connectivity index (χ4v) is 1.04. The Morgan fingerprint density at radius 2 is 2.21 bits per heavy atom. The SMILES string of the molecule is C[C@@H](Cl)C(=O)Nc1ccc(Cl)cc1F. The molecule has 5 heteroatoms. The number of carbonyl (C=O) groups excluding carboxylic acids is 1. The van der Waals surface area contributed by atoms with E-state index >= 15 is 0 Å². The summed E-state index contributed by atoms with van der Waals surface area (Å²) in [5.41, 5.74) is 0.0758. The summed E-state index contributed by atoms with van der Waals surface area (Å²) < 4.78 is 13.1. The monoisotopic (exact) mass is 235 g/mol. The molecule has 0 radical (unpaired) electrons. The molecule has 1 rings (SSSR count). The Bertz CT molecular complexity index is 355. The van der Waals surface area contributed by atoms with Gasteiger partial charge in [0.1, 0.15) is 11.2 Å². The van der Waals surface area contributed by atoms with Crippen molar-refractivity contribution >= 4 is 34.8 Å². The van der Waals surface area contributed by atoms with E-state index in [1.165, 1.54) is 19.1 Å². The molecule has 1 aromatic carbocycles. The lowest BCUT2D eigenvalue weighted by atomic mass is 10.3. The highest BCUT2D eigenvalue weighted by molar-refractivity contribution is 6.32. The standard InChI is InChI=1S/C9H8Cl2FNO/c1-5(10)9(14)13-8-3-2-6(11)4-7(8)12/h2-5H,1H3,(H,13,14)/t5-/m1/s1. The number of carbonyl (C=O) groups is 1. The zero-order valence-electron chi connectivity index (χ0n) is 7.35. The molecule has 1 aromatic rings. The van der Waals surface area contributed by atoms with E-state index in [0.29, 0.717) is 0 Å². The summed E-state index contributed by atoms with van der Waals surface area (Å²) in [6.45, 7) is 1.50. The zero-order valence-corrected chi connectivity index (χ0v) is 8.86. The predicted octanol–water partition coefficient (Wildman–Crippen LogP) is 3.04. The van der Waals surface area contributed by atoms with E-state index in [1.54, 1.807) is 0 Å². The molecule has 1 amide bonds. The number of halogens is 3. The maximum Gasteiger partial charge on any atom is 0.242 e. The molecule has 0 aliphatic carbocycles. The van der Waals surface area contributed by atoms with Gasteiger partial charge in [-0.3, -0.25) is 4.79 Å². The van der Waals surface area contributed by atoms with Crippen molar-refractivity contribution in [1.82, 2.24) is 0 Å². The lowest BCUT2D eigenvalue weighted by molar-refractivity contribution is -0.115. The number of amides is 1. The highest BCUT2D eigenvalue weighted by atomic mass is 35.5. The van der Waals surface area contributed by atoms with Crippen LogP contribution >= 0.6 is 23.2 Å². The van der Waals surface area contributed by atoms with Crippen LogP contribution in [0.4, 0.5) is 10.1 Å². The minimum Gasteiger partial charge on any atom is -0.322 e. The molecule has 1 N–H and O–H groups in total. The number of benzene rings is 1. The molecule has 2 nitrogen and oxygen atoms in total. The van der Waals surface area contributed by atoms with Crippen LogP contribution in [0.3, 0.4) is 0 Å². The molecule has 0 fully saturated rings. The summed E-state index contributed by atoms with van der Waals surface area (Å²) in [7, 11) is 0. The highest BCUT2D eigenvalue weighted by Gasteiger charge is 2.11. The average Bonchev–Trinajstić information content (AvgIpc) is 2.09. The topological polar surface area (TPSA) is 29.1 Å². The third-order valence-corrected chi connectivity index (χ3v) is 1.98. The van der Waals surface area contributed by atoms with Crippen molar-refractivity contribution in [3.63, 3.8) is 0 Å². The van der Waals surface area contributed by atoms with Gasteiger partial charge in [-0.25, -0.2) is 4.39 Å². The van der Waals surface area contributed by atoms with Crippen LogP contribution in [0, 0.1) is 5.82 Å². The van der Waals surface area contributed by atoms with Crippen molar-refractivity contribution in [3.05, 3.63) is 29.0 Å². The van der Waals surface area contributed by atoms with Gasteiger partial charge in [-0.2, -0.15) is 0 Å². The van der Waals surface area contributed by atoms with Gasteiger partial charge < -0.3 is 5.32 Å². The third kappa shape index (κ3) is 2.86. The minimum absolute atomic E-state index is 0.0758. The lowest BCUT2D eigenvalue weighted by Crippen LogP contribution is -2.20. The third-order valence-electron chi connectivity index (χ3n) is 1.55. The zero-order chi connectivity index (χ0) is 10.7. The molecule has 0 aliphatic rings. The number of rotatable bonds is 2. The van der Waals surface area contributed by atoms with Gasteiger partial charge in [0.25, 0.3) is 0 Å². The average molecular weight is 236 g/mol. The van der Waals surface area contributed by atoms with Crippen LogP contribution in [0.25, 0.3) is 0 Å². The molecule has 0 aliphatic heterocycles. The van der Waals surface area contributed by atoms with Gasteiger partial charge in [0.2, 0.25) is 5.91 Å². The molecular weight excluding hydrogens is 228 g/mol. The van der Waals surface area contributed by atoms with E-state index in [0.717, 1.165) is 6.07 Å². The van der Waals surface area contributed by atoms with E-state index in [1.807, 2.05) is 0 Å². The van der Waals surface area contributed by atoms with Gasteiger partial charge in [0, 0.05) is 5.02 Å². The summed E-state index contributed by atoms with van der Waals surface area (Å²) in [4.78, 5) is 11.1. The van der Waals surface area contributed by atoms with Crippen LogP contribution in [0.15, 0.2) is 18.2 Å². The normalized spacial score (nSPS) is 12.3. The molecule has 0 saturated heterocycles. The minimum atomic E-state index is -0.704. The molecule has 0 heterocycles. The quantitative estimate of drug-likeness (QED) is 0.785. The Labute approximate surface area is 91.0 Å². The van der Waals surface area contributed by atoms with Crippen LogP contribution in [-0.4, -0.2) is 11.3 Å². The number of hydrogen-bond acceptors (Lipinski definition) is 1. The first kappa shape index (κ1) is 11.3. The second kappa shape index (κ2) is 4.62. The molecule has 0 bridgehead atoms. The Balaban J connectivity index is 2.82. The van der Waals surface area contributed by atoms with Crippen LogP contribution in [0.5, 0.6) is 0 Å². The van der Waals surface area contributed by atoms with Crippen molar-refractivity contribution in [1.29, 1.82) is 0 Å². The van der Waals surface area contributed by atoms with Crippen molar-refractivity contribution in [2.75, 3.05) is 5.32 Å². The Morgan fingerprint density at radius 1 is 1.57 bits per heavy atom. The second-order valence-electron chi connectivity index (χ2n) is 2.73. The number of hydrogen-bond donors (Lipinski definition) is 1. The van der Waals surface area contributed by atoms with E-state index in [4.69, 9.17) is 23.2 Å². The van der Waals surface area contributed by atoms with Crippen LogP contribution in [-0.2, 0) is 4.79 Å². The van der Waals surface area contributed by atoms with E-state index < -0.39 is 17.1 Å². The van der Waals surface area contributed by atoms with E-state index in [2.05, 4.69) is 5.32 Å². The lowest BCUT2D eigenvalue weighted by Gasteiger charge is -2.07. The summed E-state index contributed by atoms with van der Waals surface area (Å²) in [5, 5.41) is 1.91. The molecule has 0 saturated carbocycles. The molecular formula is C9H8Cl2FNO. The maximum atomic E-state index is 13.1. The molecule has 14 heavy (non-hydrogen) atoms. The van der Waals surface area contributed by atoms with E-state index in [-0.39, 0.29) is 10.7 Å². The molecule has 0 aromatic heterocycles. The fourth-order valence-electron chi connectivity index (χ4n) is 0.823. The molecule has 1 atom stereocenters. The Hall–Kier alpha value is -0.800. The predicted molar refractivity (Wildman–Crippen MR) is 55.4 cm³/mol. The first-order chi connectivity index (χ1) is 6.50. The number of nitrogens with one attached hydrogen (secondary N) is 1. The summed E-state index contributed by atoms with van der Waals surface area (Å²) in [6, 6.07) is 3.99.